The number of fused-ring (bicyclic) bond motifs is 1. The monoisotopic (exact) mass is 386 g/mol. The molecule has 1 aromatic rings. The molecule has 0 saturated carbocycles. The van der Waals surface area contributed by atoms with Crippen molar-refractivity contribution in [2.24, 2.45) is 0 Å². The highest BCUT2D eigenvalue weighted by atomic mass is 16.5. The van der Waals surface area contributed by atoms with Crippen LogP contribution in [0, 0.1) is 0 Å². The van der Waals surface area contributed by atoms with E-state index in [9.17, 15) is 15.0 Å². The number of cyclic esters (lactones) is 1. The van der Waals surface area contributed by atoms with Crippen LogP contribution in [0.4, 0.5) is 0 Å². The number of benzene rings is 1. The Kier molecular flexibility index (Phi) is 7.15. The molecular formula is C23H30O5. The van der Waals surface area contributed by atoms with E-state index in [1.165, 1.54) is 6.07 Å². The van der Waals surface area contributed by atoms with Gasteiger partial charge in [-0.25, -0.2) is 4.79 Å². The molecule has 1 fully saturated rings. The minimum absolute atomic E-state index is 0.0166. The van der Waals surface area contributed by atoms with E-state index in [0.29, 0.717) is 37.0 Å². The molecule has 3 rings (SSSR count). The highest BCUT2D eigenvalue weighted by Gasteiger charge is 2.29. The molecule has 0 bridgehead atoms. The number of rotatable bonds is 1. The zero-order valence-corrected chi connectivity index (χ0v) is 16.5. The number of phenolic OH excluding ortho intramolecular Hbond substituents is 2. The molecule has 2 heterocycles. The van der Waals surface area contributed by atoms with Gasteiger partial charge in [-0.15, -0.1) is 0 Å². The van der Waals surface area contributed by atoms with Gasteiger partial charge >= 0.3 is 5.97 Å². The number of hydrogen-bond donors (Lipinski definition) is 2. The van der Waals surface area contributed by atoms with Crippen molar-refractivity contribution >= 4 is 5.97 Å². The highest BCUT2D eigenvalue weighted by Crippen LogP contribution is 2.41. The Labute approximate surface area is 166 Å². The number of esters is 1. The first-order valence-corrected chi connectivity index (χ1v) is 10.3. The van der Waals surface area contributed by atoms with Gasteiger partial charge in [0.25, 0.3) is 0 Å². The van der Waals surface area contributed by atoms with Crippen LogP contribution in [0.3, 0.4) is 0 Å². The average molecular weight is 386 g/mol. The fourth-order valence-corrected chi connectivity index (χ4v) is 3.89. The van der Waals surface area contributed by atoms with E-state index in [2.05, 4.69) is 18.2 Å². The molecule has 2 atom stereocenters. The number of carbonyl (C=O) groups excluding carboxylic acids is 1. The topological polar surface area (TPSA) is 76.0 Å². The van der Waals surface area contributed by atoms with Gasteiger partial charge < -0.3 is 19.7 Å². The Morgan fingerprint density at radius 2 is 1.75 bits per heavy atom. The van der Waals surface area contributed by atoms with Gasteiger partial charge in [0.2, 0.25) is 0 Å². The van der Waals surface area contributed by atoms with Crippen LogP contribution in [0.1, 0.15) is 79.5 Å². The molecule has 1 saturated heterocycles. The third-order valence-corrected chi connectivity index (χ3v) is 5.31. The molecule has 5 heteroatoms. The van der Waals surface area contributed by atoms with Crippen molar-refractivity contribution in [3.05, 3.63) is 47.1 Å². The van der Waals surface area contributed by atoms with Crippen LogP contribution in [0.5, 0.6) is 11.5 Å². The Hall–Kier alpha value is -2.27. The molecule has 0 aromatic heterocycles. The summed E-state index contributed by atoms with van der Waals surface area (Å²) >= 11 is 0. The smallest absolute Gasteiger partial charge is 0.342 e. The normalized spacial score (nSPS) is 26.5. The van der Waals surface area contributed by atoms with E-state index < -0.39 is 5.97 Å². The largest absolute Gasteiger partial charge is 0.507 e. The van der Waals surface area contributed by atoms with Gasteiger partial charge in [-0.3, -0.25) is 0 Å². The van der Waals surface area contributed by atoms with Gasteiger partial charge in [0, 0.05) is 24.7 Å². The van der Waals surface area contributed by atoms with Crippen LogP contribution in [-0.2, 0) is 15.9 Å². The molecule has 0 spiro atoms. The van der Waals surface area contributed by atoms with Crippen molar-refractivity contribution in [2.75, 3.05) is 6.61 Å². The molecule has 2 aliphatic rings. The van der Waals surface area contributed by atoms with E-state index in [1.807, 2.05) is 13.0 Å². The van der Waals surface area contributed by atoms with Crippen molar-refractivity contribution in [2.45, 2.75) is 70.5 Å². The molecule has 0 amide bonds. The maximum Gasteiger partial charge on any atom is 0.342 e. The summed E-state index contributed by atoms with van der Waals surface area (Å²) < 4.78 is 11.5. The van der Waals surface area contributed by atoms with Crippen molar-refractivity contribution in [1.82, 2.24) is 0 Å². The summed E-state index contributed by atoms with van der Waals surface area (Å²) in [6.45, 7) is 2.48. The Balaban J connectivity index is 2.03. The summed E-state index contributed by atoms with van der Waals surface area (Å²) in [5.41, 5.74) is 1.42. The summed E-state index contributed by atoms with van der Waals surface area (Å²) in [6, 6.07) is 1.25. The highest BCUT2D eigenvalue weighted by molar-refractivity contribution is 5.95. The predicted octanol–water partition coefficient (Wildman–Crippen LogP) is 5.11. The van der Waals surface area contributed by atoms with Crippen LogP contribution in [0.15, 0.2) is 30.4 Å². The van der Waals surface area contributed by atoms with Crippen LogP contribution in [-0.4, -0.2) is 28.9 Å². The molecule has 0 aliphatic carbocycles. The van der Waals surface area contributed by atoms with Crippen molar-refractivity contribution in [3.8, 4) is 11.5 Å². The van der Waals surface area contributed by atoms with E-state index in [4.69, 9.17) is 9.47 Å². The van der Waals surface area contributed by atoms with E-state index in [-0.39, 0.29) is 29.3 Å². The van der Waals surface area contributed by atoms with Gasteiger partial charge in [0.05, 0.1) is 6.10 Å². The Morgan fingerprint density at radius 1 is 1.00 bits per heavy atom. The van der Waals surface area contributed by atoms with Gasteiger partial charge in [-0.1, -0.05) is 24.3 Å². The second-order valence-corrected chi connectivity index (χ2v) is 7.55. The fraction of sp³-hybridized carbons (Fsp3) is 0.522. The number of carbonyl (C=O) groups is 1. The summed E-state index contributed by atoms with van der Waals surface area (Å²) in [7, 11) is 0. The lowest BCUT2D eigenvalue weighted by Crippen LogP contribution is -2.19. The lowest BCUT2D eigenvalue weighted by atomic mass is 9.89. The van der Waals surface area contributed by atoms with Crippen molar-refractivity contribution in [3.63, 3.8) is 0 Å². The van der Waals surface area contributed by atoms with Crippen LogP contribution in [0.2, 0.25) is 0 Å². The van der Waals surface area contributed by atoms with Gasteiger partial charge in [-0.05, 0) is 57.4 Å². The Bertz CT molecular complexity index is 744. The molecule has 2 aliphatic heterocycles. The zero-order valence-electron chi connectivity index (χ0n) is 16.5. The molecule has 0 radical (unpaired) electrons. The van der Waals surface area contributed by atoms with Gasteiger partial charge in [0.15, 0.2) is 0 Å². The summed E-state index contributed by atoms with van der Waals surface area (Å²) in [5, 5.41) is 21.1. The molecule has 2 N–H and O–H groups in total. The minimum Gasteiger partial charge on any atom is -0.507 e. The second-order valence-electron chi connectivity index (χ2n) is 7.55. The molecule has 2 unspecified atom stereocenters. The number of hydrogen-bond acceptors (Lipinski definition) is 5. The summed E-state index contributed by atoms with van der Waals surface area (Å²) in [6.07, 6.45) is 14.4. The predicted molar refractivity (Wildman–Crippen MR) is 108 cm³/mol. The molecule has 152 valence electrons. The maximum atomic E-state index is 12.9. The molecule has 5 nitrogen and oxygen atoms in total. The summed E-state index contributed by atoms with van der Waals surface area (Å²) in [5.74, 6) is -0.806. The maximum absolute atomic E-state index is 12.9. The number of ether oxygens (including phenoxy) is 2. The third-order valence-electron chi connectivity index (χ3n) is 5.31. The zero-order chi connectivity index (χ0) is 19.9. The van der Waals surface area contributed by atoms with E-state index >= 15 is 0 Å². The van der Waals surface area contributed by atoms with Gasteiger partial charge in [-0.2, -0.15) is 0 Å². The second kappa shape index (κ2) is 9.78. The number of aromatic hydroxyl groups is 2. The first-order valence-electron chi connectivity index (χ1n) is 10.3. The van der Waals surface area contributed by atoms with E-state index in [1.54, 1.807) is 0 Å². The molecule has 1 aromatic carbocycles. The standard InChI is InChI=1S/C23H30O5/c1-16-11-7-5-3-2-4-6-8-12-17-21(20-13-9-10-14-27-20)18(24)15-19(25)22(17)23(26)28-16/h4-7,15-16,20,24-25H,2-3,8-14H2,1H3/b6-4+,7-5+. The van der Waals surface area contributed by atoms with Gasteiger partial charge in [0.1, 0.15) is 23.2 Å². The lowest BCUT2D eigenvalue weighted by molar-refractivity contribution is 0.0128. The van der Waals surface area contributed by atoms with Crippen LogP contribution in [0.25, 0.3) is 0 Å². The average Bonchev–Trinajstić information content (AvgIpc) is 2.66. The Morgan fingerprint density at radius 3 is 2.50 bits per heavy atom. The van der Waals surface area contributed by atoms with Crippen LogP contribution >= 0.6 is 0 Å². The van der Waals surface area contributed by atoms with Crippen molar-refractivity contribution < 1.29 is 24.5 Å². The van der Waals surface area contributed by atoms with Crippen molar-refractivity contribution in [1.29, 1.82) is 0 Å². The molecule has 28 heavy (non-hydrogen) atoms. The first-order chi connectivity index (χ1) is 13.6. The summed E-state index contributed by atoms with van der Waals surface area (Å²) in [4.78, 5) is 12.9. The minimum atomic E-state index is -0.550. The number of allylic oxidation sites excluding steroid dienone is 3. The number of phenols is 2. The fourth-order valence-electron chi connectivity index (χ4n) is 3.89. The van der Waals surface area contributed by atoms with Crippen LogP contribution < -0.4 is 0 Å². The third kappa shape index (κ3) is 4.96. The molecular weight excluding hydrogens is 356 g/mol. The quantitative estimate of drug-likeness (QED) is 0.518. The first kappa shape index (κ1) is 20.5. The lowest BCUT2D eigenvalue weighted by Gasteiger charge is -2.27. The van der Waals surface area contributed by atoms with E-state index in [0.717, 1.165) is 32.1 Å². The SMILES string of the molecule is CC1C/C=C/CC/C=C/CCc2c(c(O)cc(O)c2C2CCCCO2)C(=O)O1.